The maximum Gasteiger partial charge on any atom is 0.258 e. The third-order valence-corrected chi connectivity index (χ3v) is 5.19. The molecule has 3 amide bonds. The Bertz CT molecular complexity index is 923. The molecule has 0 spiro atoms. The average molecular weight is 411 g/mol. The molecular formula is C23H26FN3O3. The van der Waals surface area contributed by atoms with Crippen LogP contribution in [0.4, 0.5) is 10.1 Å². The van der Waals surface area contributed by atoms with E-state index in [-0.39, 0.29) is 23.3 Å². The fourth-order valence-electron chi connectivity index (χ4n) is 3.49. The minimum atomic E-state index is -0.604. The van der Waals surface area contributed by atoms with Gasteiger partial charge in [-0.3, -0.25) is 14.4 Å². The van der Waals surface area contributed by atoms with Crippen LogP contribution in [0, 0.1) is 11.7 Å². The van der Waals surface area contributed by atoms with Crippen molar-refractivity contribution in [1.82, 2.24) is 10.2 Å². The fraction of sp³-hybridized carbons (Fsp3) is 0.348. The van der Waals surface area contributed by atoms with Gasteiger partial charge in [0.2, 0.25) is 5.91 Å². The number of benzene rings is 2. The SMILES string of the molecule is CCCNC(=O)C1CCN(C(=O)c2cccc(NC(=O)c3ccccc3F)c2)CC1. The number of hydrogen-bond donors (Lipinski definition) is 2. The van der Waals surface area contributed by atoms with Gasteiger partial charge in [-0.2, -0.15) is 0 Å². The highest BCUT2D eigenvalue weighted by Crippen LogP contribution is 2.21. The summed E-state index contributed by atoms with van der Waals surface area (Å²) in [4.78, 5) is 39.0. The number of nitrogens with zero attached hydrogens (tertiary/aromatic N) is 1. The zero-order chi connectivity index (χ0) is 21.5. The summed E-state index contributed by atoms with van der Waals surface area (Å²) < 4.78 is 13.8. The fourth-order valence-corrected chi connectivity index (χ4v) is 3.49. The number of rotatable bonds is 6. The standard InChI is InChI=1S/C23H26FN3O3/c1-2-12-25-21(28)16-10-13-27(14-11-16)23(30)17-6-5-7-18(15-17)26-22(29)19-8-3-4-9-20(19)24/h3-9,15-16H,2,10-14H2,1H3,(H,25,28)(H,26,29). The zero-order valence-corrected chi connectivity index (χ0v) is 17.0. The second kappa shape index (κ2) is 10.0. The van der Waals surface area contributed by atoms with Crippen molar-refractivity contribution in [2.24, 2.45) is 5.92 Å². The molecule has 1 saturated heterocycles. The predicted molar refractivity (Wildman–Crippen MR) is 113 cm³/mol. The summed E-state index contributed by atoms with van der Waals surface area (Å²) in [6.07, 6.45) is 2.16. The van der Waals surface area contributed by atoms with E-state index in [1.807, 2.05) is 6.92 Å². The summed E-state index contributed by atoms with van der Waals surface area (Å²) in [6.45, 7) is 3.70. The van der Waals surface area contributed by atoms with Gasteiger partial charge in [-0.1, -0.05) is 25.1 Å². The normalized spacial score (nSPS) is 14.3. The van der Waals surface area contributed by atoms with E-state index in [1.54, 1.807) is 35.2 Å². The molecular weight excluding hydrogens is 385 g/mol. The van der Waals surface area contributed by atoms with Crippen molar-refractivity contribution in [3.05, 3.63) is 65.5 Å². The molecule has 2 aromatic rings. The van der Waals surface area contributed by atoms with Gasteiger partial charge in [-0.15, -0.1) is 0 Å². The third kappa shape index (κ3) is 5.23. The van der Waals surface area contributed by atoms with Crippen molar-refractivity contribution in [3.63, 3.8) is 0 Å². The van der Waals surface area contributed by atoms with Crippen molar-refractivity contribution >= 4 is 23.4 Å². The van der Waals surface area contributed by atoms with Crippen LogP contribution >= 0.6 is 0 Å². The lowest BCUT2D eigenvalue weighted by Crippen LogP contribution is -2.43. The van der Waals surface area contributed by atoms with Gasteiger partial charge in [0.05, 0.1) is 5.56 Å². The van der Waals surface area contributed by atoms with Crippen molar-refractivity contribution < 1.29 is 18.8 Å². The number of carbonyl (C=O) groups excluding carboxylic acids is 3. The zero-order valence-electron chi connectivity index (χ0n) is 17.0. The molecule has 0 aromatic heterocycles. The minimum Gasteiger partial charge on any atom is -0.356 e. The van der Waals surface area contributed by atoms with E-state index in [1.165, 1.54) is 18.2 Å². The Hall–Kier alpha value is -3.22. The smallest absolute Gasteiger partial charge is 0.258 e. The quantitative estimate of drug-likeness (QED) is 0.764. The van der Waals surface area contributed by atoms with Crippen LogP contribution in [0.25, 0.3) is 0 Å². The number of hydrogen-bond acceptors (Lipinski definition) is 3. The number of likely N-dealkylation sites (tertiary alicyclic amines) is 1. The molecule has 1 heterocycles. The second-order valence-corrected chi connectivity index (χ2v) is 7.37. The number of anilines is 1. The van der Waals surface area contributed by atoms with Gasteiger partial charge in [0.1, 0.15) is 5.82 Å². The monoisotopic (exact) mass is 411 g/mol. The molecule has 0 radical (unpaired) electrons. The third-order valence-electron chi connectivity index (χ3n) is 5.19. The van der Waals surface area contributed by atoms with Crippen molar-refractivity contribution in [2.45, 2.75) is 26.2 Å². The van der Waals surface area contributed by atoms with Crippen LogP contribution in [0.3, 0.4) is 0 Å². The number of carbonyl (C=O) groups is 3. The summed E-state index contributed by atoms with van der Waals surface area (Å²) in [7, 11) is 0. The summed E-state index contributed by atoms with van der Waals surface area (Å²) in [6, 6.07) is 12.3. The largest absolute Gasteiger partial charge is 0.356 e. The van der Waals surface area contributed by atoms with E-state index < -0.39 is 11.7 Å². The van der Waals surface area contributed by atoms with Crippen LogP contribution in [0.2, 0.25) is 0 Å². The van der Waals surface area contributed by atoms with Crippen molar-refractivity contribution in [2.75, 3.05) is 25.0 Å². The van der Waals surface area contributed by atoms with Crippen LogP contribution < -0.4 is 10.6 Å². The Morgan fingerprint density at radius 1 is 1.07 bits per heavy atom. The summed E-state index contributed by atoms with van der Waals surface area (Å²) >= 11 is 0. The Balaban J connectivity index is 1.61. The Labute approximate surface area is 175 Å². The average Bonchev–Trinajstić information content (AvgIpc) is 2.77. The highest BCUT2D eigenvalue weighted by Gasteiger charge is 2.27. The maximum atomic E-state index is 13.8. The van der Waals surface area contributed by atoms with E-state index in [4.69, 9.17) is 0 Å². The molecule has 1 fully saturated rings. The molecule has 30 heavy (non-hydrogen) atoms. The van der Waals surface area contributed by atoms with Crippen LogP contribution in [0.5, 0.6) is 0 Å². The molecule has 0 unspecified atom stereocenters. The minimum absolute atomic E-state index is 0.0572. The van der Waals surface area contributed by atoms with E-state index in [0.29, 0.717) is 43.7 Å². The van der Waals surface area contributed by atoms with E-state index >= 15 is 0 Å². The molecule has 6 nitrogen and oxygen atoms in total. The number of nitrogens with one attached hydrogen (secondary N) is 2. The van der Waals surface area contributed by atoms with Gasteiger partial charge >= 0.3 is 0 Å². The first-order chi connectivity index (χ1) is 14.5. The number of amides is 3. The molecule has 0 aliphatic carbocycles. The molecule has 2 N–H and O–H groups in total. The molecule has 1 aliphatic rings. The number of halogens is 1. The summed E-state index contributed by atoms with van der Waals surface area (Å²) in [5.41, 5.74) is 0.802. The van der Waals surface area contributed by atoms with E-state index in [9.17, 15) is 18.8 Å². The molecule has 1 aliphatic heterocycles. The molecule has 2 aromatic carbocycles. The van der Waals surface area contributed by atoms with Crippen LogP contribution in [-0.4, -0.2) is 42.3 Å². The van der Waals surface area contributed by atoms with Gasteiger partial charge in [0.15, 0.2) is 0 Å². The lowest BCUT2D eigenvalue weighted by Gasteiger charge is -2.31. The molecule has 3 rings (SSSR count). The van der Waals surface area contributed by atoms with E-state index in [0.717, 1.165) is 6.42 Å². The molecule has 7 heteroatoms. The predicted octanol–water partition coefficient (Wildman–Crippen LogP) is 3.46. The highest BCUT2D eigenvalue weighted by molar-refractivity contribution is 6.05. The number of piperidine rings is 1. The van der Waals surface area contributed by atoms with Gasteiger partial charge in [-0.05, 0) is 49.6 Å². The Morgan fingerprint density at radius 3 is 2.50 bits per heavy atom. The first kappa shape index (κ1) is 21.5. The van der Waals surface area contributed by atoms with Crippen LogP contribution in [0.1, 0.15) is 46.9 Å². The van der Waals surface area contributed by atoms with Gasteiger partial charge in [0, 0.05) is 36.8 Å². The Morgan fingerprint density at radius 2 is 1.80 bits per heavy atom. The van der Waals surface area contributed by atoms with E-state index in [2.05, 4.69) is 10.6 Å². The highest BCUT2D eigenvalue weighted by atomic mass is 19.1. The van der Waals surface area contributed by atoms with Crippen molar-refractivity contribution in [3.8, 4) is 0 Å². The maximum absolute atomic E-state index is 13.8. The second-order valence-electron chi connectivity index (χ2n) is 7.37. The molecule has 0 atom stereocenters. The van der Waals surface area contributed by atoms with Gasteiger partial charge in [-0.25, -0.2) is 4.39 Å². The summed E-state index contributed by atoms with van der Waals surface area (Å²) in [5.74, 6) is -1.33. The van der Waals surface area contributed by atoms with Gasteiger partial charge < -0.3 is 15.5 Å². The topological polar surface area (TPSA) is 78.5 Å². The van der Waals surface area contributed by atoms with Crippen LogP contribution in [0.15, 0.2) is 48.5 Å². The lowest BCUT2D eigenvalue weighted by atomic mass is 9.95. The van der Waals surface area contributed by atoms with Gasteiger partial charge in [0.25, 0.3) is 11.8 Å². The lowest BCUT2D eigenvalue weighted by molar-refractivity contribution is -0.126. The summed E-state index contributed by atoms with van der Waals surface area (Å²) in [5, 5.41) is 5.55. The van der Waals surface area contributed by atoms with Crippen LogP contribution in [-0.2, 0) is 4.79 Å². The molecule has 158 valence electrons. The first-order valence-corrected chi connectivity index (χ1v) is 10.2. The van der Waals surface area contributed by atoms with Crippen molar-refractivity contribution in [1.29, 1.82) is 0 Å². The Kier molecular flexibility index (Phi) is 7.17. The molecule has 0 saturated carbocycles. The molecule has 0 bridgehead atoms. The first-order valence-electron chi connectivity index (χ1n) is 10.2.